The van der Waals surface area contributed by atoms with Gasteiger partial charge in [-0.05, 0) is 26.0 Å². The summed E-state index contributed by atoms with van der Waals surface area (Å²) in [5.41, 5.74) is 0.113. The highest BCUT2D eigenvalue weighted by molar-refractivity contribution is 6.07. The smallest absolute Gasteiger partial charge is 0.306 e. The molecule has 0 aliphatic rings. The van der Waals surface area contributed by atoms with E-state index >= 15 is 0 Å². The number of aryl methyl sites for hydroxylation is 2. The number of anilines is 1. The molecule has 1 amide bonds. The maximum Gasteiger partial charge on any atom is 0.417 e. The van der Waals surface area contributed by atoms with Crippen LogP contribution in [-0.4, -0.2) is 30.5 Å². The van der Waals surface area contributed by atoms with Crippen molar-refractivity contribution in [3.05, 3.63) is 71.4 Å². The summed E-state index contributed by atoms with van der Waals surface area (Å²) in [5, 5.41) is 6.71. The van der Waals surface area contributed by atoms with E-state index in [2.05, 4.69) is 25.4 Å². The van der Waals surface area contributed by atoms with Gasteiger partial charge in [-0.2, -0.15) is 18.3 Å². The number of alkyl halides is 3. The number of hydrogen-bond donors (Lipinski definition) is 1. The highest BCUT2D eigenvalue weighted by Gasteiger charge is 2.33. The Balaban J connectivity index is 1.75. The van der Waals surface area contributed by atoms with Gasteiger partial charge in [0, 0.05) is 23.5 Å². The van der Waals surface area contributed by atoms with Crippen LogP contribution in [0.3, 0.4) is 0 Å². The predicted molar refractivity (Wildman–Crippen MR) is 103 cm³/mol. The number of nitrogens with zero attached hydrogens (tertiary/aromatic N) is 5. The number of hydrogen-bond acceptors (Lipinski definition) is 5. The van der Waals surface area contributed by atoms with E-state index in [4.69, 9.17) is 0 Å². The molecule has 3 heterocycles. The zero-order valence-electron chi connectivity index (χ0n) is 15.9. The normalized spacial score (nSPS) is 11.6. The van der Waals surface area contributed by atoms with Crippen LogP contribution in [0.5, 0.6) is 0 Å². The highest BCUT2D eigenvalue weighted by Crippen LogP contribution is 2.36. The Labute approximate surface area is 168 Å². The Kier molecular flexibility index (Phi) is 4.69. The van der Waals surface area contributed by atoms with Gasteiger partial charge in [0.15, 0.2) is 5.65 Å². The first-order chi connectivity index (χ1) is 14.2. The van der Waals surface area contributed by atoms with Crippen LogP contribution in [0.4, 0.5) is 19.0 Å². The molecule has 3 aromatic heterocycles. The second-order valence-electron chi connectivity index (χ2n) is 6.58. The zero-order valence-corrected chi connectivity index (χ0v) is 15.9. The average molecular weight is 412 g/mol. The lowest BCUT2D eigenvalue weighted by Crippen LogP contribution is -2.14. The van der Waals surface area contributed by atoms with Crippen LogP contribution < -0.4 is 5.32 Å². The molecule has 0 radical (unpaired) electrons. The van der Waals surface area contributed by atoms with Gasteiger partial charge in [-0.25, -0.2) is 19.5 Å². The van der Waals surface area contributed by atoms with Crippen molar-refractivity contribution in [1.82, 2.24) is 24.6 Å². The quantitative estimate of drug-likeness (QED) is 0.548. The molecule has 30 heavy (non-hydrogen) atoms. The van der Waals surface area contributed by atoms with Crippen molar-refractivity contribution >= 4 is 17.4 Å². The fourth-order valence-corrected chi connectivity index (χ4v) is 3.10. The monoisotopic (exact) mass is 412 g/mol. The first kappa shape index (κ1) is 19.5. The number of aromatic nitrogens is 5. The van der Waals surface area contributed by atoms with E-state index in [1.165, 1.54) is 41.2 Å². The third kappa shape index (κ3) is 3.71. The van der Waals surface area contributed by atoms with Gasteiger partial charge in [-0.3, -0.25) is 4.79 Å². The molecular formula is C20H15F3N6O. The van der Waals surface area contributed by atoms with Crippen molar-refractivity contribution in [3.63, 3.8) is 0 Å². The van der Waals surface area contributed by atoms with Gasteiger partial charge in [-0.15, -0.1) is 0 Å². The standard InChI is InChI=1S/C20H15F3N6O/c1-11-9-17(26-12(2)25-11)28-19(30)14-10-24-29-8-7-16(27-18(14)29)13-5-3-4-6-15(13)20(21,22)23/h3-10H,1-2H3,(H,25,26,28,30). The summed E-state index contributed by atoms with van der Waals surface area (Å²) in [6.07, 6.45) is -1.77. The number of carbonyl (C=O) groups is 1. The minimum atomic E-state index is -4.53. The fourth-order valence-electron chi connectivity index (χ4n) is 3.10. The van der Waals surface area contributed by atoms with Crippen LogP contribution in [0.25, 0.3) is 16.9 Å². The number of fused-ring (bicyclic) bond motifs is 1. The molecule has 152 valence electrons. The second-order valence-corrected chi connectivity index (χ2v) is 6.58. The molecule has 0 aliphatic heterocycles. The number of amides is 1. The second kappa shape index (κ2) is 7.21. The summed E-state index contributed by atoms with van der Waals surface area (Å²) < 4.78 is 41.5. The molecule has 4 rings (SSSR count). The molecule has 0 fully saturated rings. The minimum Gasteiger partial charge on any atom is -0.306 e. The molecule has 0 saturated carbocycles. The Bertz CT molecular complexity index is 1240. The number of halogens is 3. The third-order valence-electron chi connectivity index (χ3n) is 4.33. The molecular weight excluding hydrogens is 397 g/mol. The molecule has 10 heteroatoms. The number of rotatable bonds is 3. The Morgan fingerprint density at radius 2 is 1.83 bits per heavy atom. The Hall–Kier alpha value is -3.82. The van der Waals surface area contributed by atoms with Crippen LogP contribution in [-0.2, 0) is 6.18 Å². The van der Waals surface area contributed by atoms with Crippen LogP contribution in [0.15, 0.2) is 48.8 Å². The van der Waals surface area contributed by atoms with E-state index in [-0.39, 0.29) is 22.5 Å². The number of benzene rings is 1. The summed E-state index contributed by atoms with van der Waals surface area (Å²) in [6.45, 7) is 3.47. The van der Waals surface area contributed by atoms with Crippen molar-refractivity contribution < 1.29 is 18.0 Å². The molecule has 0 unspecified atom stereocenters. The molecule has 0 bridgehead atoms. The lowest BCUT2D eigenvalue weighted by atomic mass is 10.0. The van der Waals surface area contributed by atoms with Gasteiger partial charge >= 0.3 is 6.18 Å². The fraction of sp³-hybridized carbons (Fsp3) is 0.150. The molecule has 1 N–H and O–H groups in total. The molecule has 0 spiro atoms. The van der Waals surface area contributed by atoms with Crippen LogP contribution >= 0.6 is 0 Å². The summed E-state index contributed by atoms with van der Waals surface area (Å²) in [4.78, 5) is 25.3. The van der Waals surface area contributed by atoms with Gasteiger partial charge in [0.05, 0.1) is 17.5 Å². The van der Waals surface area contributed by atoms with E-state index in [1.807, 2.05) is 0 Å². The van der Waals surface area contributed by atoms with Gasteiger partial charge in [0.2, 0.25) is 0 Å². The molecule has 4 aromatic rings. The molecule has 0 atom stereocenters. The van der Waals surface area contributed by atoms with Gasteiger partial charge in [0.25, 0.3) is 5.91 Å². The van der Waals surface area contributed by atoms with Crippen LogP contribution in [0.1, 0.15) is 27.4 Å². The first-order valence-electron chi connectivity index (χ1n) is 8.87. The van der Waals surface area contributed by atoms with E-state index < -0.39 is 17.6 Å². The SMILES string of the molecule is Cc1cc(NC(=O)c2cnn3ccc(-c4ccccc4C(F)(F)F)nc23)nc(C)n1. The predicted octanol–water partition coefficient (Wildman–Crippen LogP) is 4.07. The molecule has 0 saturated heterocycles. The largest absolute Gasteiger partial charge is 0.417 e. The summed E-state index contributed by atoms with van der Waals surface area (Å²) in [7, 11) is 0. The number of carbonyl (C=O) groups excluding carboxylic acids is 1. The molecule has 0 aliphatic carbocycles. The van der Waals surface area contributed by atoms with Crippen molar-refractivity contribution in [2.75, 3.05) is 5.32 Å². The Morgan fingerprint density at radius 1 is 1.07 bits per heavy atom. The van der Waals surface area contributed by atoms with Crippen molar-refractivity contribution in [2.24, 2.45) is 0 Å². The van der Waals surface area contributed by atoms with E-state index in [0.717, 1.165) is 6.07 Å². The van der Waals surface area contributed by atoms with Gasteiger partial charge in [0.1, 0.15) is 17.2 Å². The molecule has 7 nitrogen and oxygen atoms in total. The summed E-state index contributed by atoms with van der Waals surface area (Å²) in [5.74, 6) is 0.272. The maximum atomic E-state index is 13.4. The van der Waals surface area contributed by atoms with E-state index in [1.54, 1.807) is 19.9 Å². The Morgan fingerprint density at radius 3 is 2.57 bits per heavy atom. The van der Waals surface area contributed by atoms with Crippen molar-refractivity contribution in [1.29, 1.82) is 0 Å². The minimum absolute atomic E-state index is 0.0814. The van der Waals surface area contributed by atoms with Gasteiger partial charge in [-0.1, -0.05) is 18.2 Å². The highest BCUT2D eigenvalue weighted by atomic mass is 19.4. The van der Waals surface area contributed by atoms with Crippen LogP contribution in [0, 0.1) is 13.8 Å². The van der Waals surface area contributed by atoms with Gasteiger partial charge < -0.3 is 5.32 Å². The number of nitrogens with one attached hydrogen (secondary N) is 1. The zero-order chi connectivity index (χ0) is 21.5. The van der Waals surface area contributed by atoms with E-state index in [9.17, 15) is 18.0 Å². The van der Waals surface area contributed by atoms with Crippen LogP contribution in [0.2, 0.25) is 0 Å². The maximum absolute atomic E-state index is 13.4. The average Bonchev–Trinajstić information content (AvgIpc) is 3.10. The van der Waals surface area contributed by atoms with E-state index in [0.29, 0.717) is 17.3 Å². The van der Waals surface area contributed by atoms with Crippen molar-refractivity contribution in [3.8, 4) is 11.3 Å². The third-order valence-corrected chi connectivity index (χ3v) is 4.33. The lowest BCUT2D eigenvalue weighted by molar-refractivity contribution is -0.137. The lowest BCUT2D eigenvalue weighted by Gasteiger charge is -2.12. The summed E-state index contributed by atoms with van der Waals surface area (Å²) in [6, 6.07) is 8.17. The first-order valence-corrected chi connectivity index (χ1v) is 8.87. The van der Waals surface area contributed by atoms with Crippen molar-refractivity contribution in [2.45, 2.75) is 20.0 Å². The topological polar surface area (TPSA) is 85.1 Å². The molecule has 1 aromatic carbocycles. The summed E-state index contributed by atoms with van der Waals surface area (Å²) >= 11 is 0.